The van der Waals surface area contributed by atoms with E-state index in [9.17, 15) is 4.79 Å². The lowest BCUT2D eigenvalue weighted by Crippen LogP contribution is -2.28. The van der Waals surface area contributed by atoms with Gasteiger partial charge in [0.05, 0.1) is 0 Å². The molecule has 1 amide bonds. The van der Waals surface area contributed by atoms with Gasteiger partial charge in [0, 0.05) is 17.9 Å². The predicted octanol–water partition coefficient (Wildman–Crippen LogP) is 5.12. The second-order valence-electron chi connectivity index (χ2n) is 6.42. The van der Waals surface area contributed by atoms with Crippen LogP contribution in [0.3, 0.4) is 0 Å². The largest absolute Gasteiger partial charge is 0.322 e. The summed E-state index contributed by atoms with van der Waals surface area (Å²) in [6.07, 6.45) is 1.04. The molecule has 0 aromatic heterocycles. The molecule has 0 spiro atoms. The van der Waals surface area contributed by atoms with E-state index < -0.39 is 0 Å². The molecule has 3 heteroatoms. The molecule has 2 nitrogen and oxygen atoms in total. The van der Waals surface area contributed by atoms with E-state index in [2.05, 4.69) is 49.1 Å². The van der Waals surface area contributed by atoms with Gasteiger partial charge < -0.3 is 4.90 Å². The van der Waals surface area contributed by atoms with Gasteiger partial charge in [0.15, 0.2) is 0 Å². The molecule has 23 heavy (non-hydrogen) atoms. The number of carbonyl (C=O) groups excluding carboxylic acids is 1. The number of hydrogen-bond acceptors (Lipinski definition) is 2. The summed E-state index contributed by atoms with van der Waals surface area (Å²) >= 11 is 1.85. The summed E-state index contributed by atoms with van der Waals surface area (Å²) in [5.41, 5.74) is 3.35. The molecule has 0 saturated heterocycles. The molecule has 1 unspecified atom stereocenters. The van der Waals surface area contributed by atoms with Crippen LogP contribution in [0.25, 0.3) is 0 Å². The highest BCUT2D eigenvalue weighted by atomic mass is 32.2. The molecule has 120 valence electrons. The Morgan fingerprint density at radius 1 is 1.04 bits per heavy atom. The molecule has 2 aromatic rings. The second kappa shape index (κ2) is 7.22. The van der Waals surface area contributed by atoms with Gasteiger partial charge in [-0.05, 0) is 29.5 Å². The Bertz CT molecular complexity index is 668. The number of nitrogens with zero attached hydrogens (tertiary/aromatic N) is 1. The first-order chi connectivity index (χ1) is 11.2. The van der Waals surface area contributed by atoms with Gasteiger partial charge in [0.25, 0.3) is 5.91 Å². The number of benzene rings is 2. The zero-order valence-electron chi connectivity index (χ0n) is 13.7. The Balaban J connectivity index is 1.79. The lowest BCUT2D eigenvalue weighted by molar-refractivity contribution is 0.0766. The Morgan fingerprint density at radius 3 is 2.48 bits per heavy atom. The van der Waals surface area contributed by atoms with E-state index in [1.165, 1.54) is 11.1 Å². The highest BCUT2D eigenvalue weighted by molar-refractivity contribution is 7.98. The topological polar surface area (TPSA) is 20.3 Å². The average Bonchev–Trinajstić information content (AvgIpc) is 2.84. The standard InChI is InChI=1S/C20H23NOS/c1-15(2)12-13-21-19(22)17-10-6-7-11-18(17)20(21)23-14-16-8-4-3-5-9-16/h3-11,15,20H,12-14H2,1-2H3. The van der Waals surface area contributed by atoms with E-state index in [1.54, 1.807) is 0 Å². The normalized spacial score (nSPS) is 16.9. The van der Waals surface area contributed by atoms with Gasteiger partial charge in [-0.2, -0.15) is 0 Å². The molecule has 1 atom stereocenters. The van der Waals surface area contributed by atoms with Gasteiger partial charge in [-0.1, -0.05) is 62.4 Å². The Hall–Kier alpha value is -1.74. The second-order valence-corrected chi connectivity index (χ2v) is 7.49. The van der Waals surface area contributed by atoms with Crippen LogP contribution >= 0.6 is 11.8 Å². The van der Waals surface area contributed by atoms with Crippen molar-refractivity contribution in [3.8, 4) is 0 Å². The molecule has 0 radical (unpaired) electrons. The quantitative estimate of drug-likeness (QED) is 0.734. The minimum Gasteiger partial charge on any atom is -0.322 e. The van der Waals surface area contributed by atoms with E-state index in [1.807, 2.05) is 36.0 Å². The highest BCUT2D eigenvalue weighted by Gasteiger charge is 2.36. The predicted molar refractivity (Wildman–Crippen MR) is 97.4 cm³/mol. The molecule has 1 aliphatic heterocycles. The number of hydrogen-bond donors (Lipinski definition) is 0. The Labute approximate surface area is 142 Å². The Morgan fingerprint density at radius 2 is 1.74 bits per heavy atom. The summed E-state index contributed by atoms with van der Waals surface area (Å²) in [7, 11) is 0. The van der Waals surface area contributed by atoms with Crippen LogP contribution in [0.1, 0.15) is 47.1 Å². The van der Waals surface area contributed by atoms with Crippen LogP contribution in [0.15, 0.2) is 54.6 Å². The van der Waals surface area contributed by atoms with E-state index in [4.69, 9.17) is 0 Å². The molecule has 1 heterocycles. The van der Waals surface area contributed by atoms with Crippen LogP contribution in [0.2, 0.25) is 0 Å². The summed E-state index contributed by atoms with van der Waals surface area (Å²) in [6, 6.07) is 18.5. The van der Waals surface area contributed by atoms with Gasteiger partial charge >= 0.3 is 0 Å². The summed E-state index contributed by atoms with van der Waals surface area (Å²) in [5, 5.41) is 0.137. The van der Waals surface area contributed by atoms with Crippen molar-refractivity contribution in [3.05, 3.63) is 71.3 Å². The van der Waals surface area contributed by atoms with Crippen LogP contribution in [-0.2, 0) is 5.75 Å². The number of amides is 1. The lowest BCUT2D eigenvalue weighted by Gasteiger charge is -2.25. The fourth-order valence-corrected chi connectivity index (χ4v) is 4.19. The van der Waals surface area contributed by atoms with Gasteiger partial charge in [-0.3, -0.25) is 4.79 Å². The molecule has 2 aromatic carbocycles. The molecule has 0 aliphatic carbocycles. The minimum atomic E-state index is 0.137. The zero-order chi connectivity index (χ0) is 16.2. The summed E-state index contributed by atoms with van der Waals surface area (Å²) < 4.78 is 0. The van der Waals surface area contributed by atoms with Crippen LogP contribution in [0.5, 0.6) is 0 Å². The lowest BCUT2D eigenvalue weighted by atomic mass is 10.1. The van der Waals surface area contributed by atoms with Crippen molar-refractivity contribution in [1.29, 1.82) is 0 Å². The molecular weight excluding hydrogens is 302 g/mol. The molecule has 0 bridgehead atoms. The van der Waals surface area contributed by atoms with Crippen molar-refractivity contribution >= 4 is 17.7 Å². The number of thioether (sulfide) groups is 1. The first-order valence-corrected chi connectivity index (χ1v) is 9.27. The van der Waals surface area contributed by atoms with Crippen molar-refractivity contribution in [2.45, 2.75) is 31.4 Å². The average molecular weight is 325 g/mol. The fourth-order valence-electron chi connectivity index (χ4n) is 2.88. The highest BCUT2D eigenvalue weighted by Crippen LogP contribution is 2.42. The molecule has 1 aliphatic rings. The maximum atomic E-state index is 12.7. The van der Waals surface area contributed by atoms with Crippen molar-refractivity contribution in [1.82, 2.24) is 4.90 Å². The minimum absolute atomic E-state index is 0.137. The molecular formula is C20H23NOS. The van der Waals surface area contributed by atoms with Crippen LogP contribution in [0.4, 0.5) is 0 Å². The molecule has 0 saturated carbocycles. The van der Waals surface area contributed by atoms with Crippen molar-refractivity contribution in [3.63, 3.8) is 0 Å². The van der Waals surface area contributed by atoms with Crippen molar-refractivity contribution in [2.24, 2.45) is 5.92 Å². The molecule has 0 fully saturated rings. The van der Waals surface area contributed by atoms with E-state index in [0.29, 0.717) is 5.92 Å². The van der Waals surface area contributed by atoms with Gasteiger partial charge in [-0.25, -0.2) is 0 Å². The molecule has 3 rings (SSSR count). The maximum absolute atomic E-state index is 12.7. The van der Waals surface area contributed by atoms with Crippen LogP contribution in [0, 0.1) is 5.92 Å². The summed E-state index contributed by atoms with van der Waals surface area (Å²) in [6.45, 7) is 5.25. The van der Waals surface area contributed by atoms with E-state index in [0.717, 1.165) is 24.3 Å². The number of fused-ring (bicyclic) bond motifs is 1. The van der Waals surface area contributed by atoms with Crippen molar-refractivity contribution < 1.29 is 4.79 Å². The van der Waals surface area contributed by atoms with E-state index in [-0.39, 0.29) is 11.3 Å². The Kier molecular flexibility index (Phi) is 5.06. The monoisotopic (exact) mass is 325 g/mol. The first kappa shape index (κ1) is 16.1. The van der Waals surface area contributed by atoms with Gasteiger partial charge in [-0.15, -0.1) is 11.8 Å². The molecule has 0 N–H and O–H groups in total. The third kappa shape index (κ3) is 3.61. The van der Waals surface area contributed by atoms with E-state index >= 15 is 0 Å². The smallest absolute Gasteiger partial charge is 0.255 e. The third-order valence-corrected chi connectivity index (χ3v) is 5.52. The maximum Gasteiger partial charge on any atom is 0.255 e. The summed E-state index contributed by atoms with van der Waals surface area (Å²) in [4.78, 5) is 14.8. The summed E-state index contributed by atoms with van der Waals surface area (Å²) in [5.74, 6) is 1.71. The van der Waals surface area contributed by atoms with Crippen LogP contribution in [-0.4, -0.2) is 17.4 Å². The van der Waals surface area contributed by atoms with Crippen molar-refractivity contribution in [2.75, 3.05) is 6.54 Å². The van der Waals surface area contributed by atoms with Gasteiger partial charge in [0.2, 0.25) is 0 Å². The van der Waals surface area contributed by atoms with Gasteiger partial charge in [0.1, 0.15) is 5.37 Å². The number of carbonyl (C=O) groups is 1. The fraction of sp³-hybridized carbons (Fsp3) is 0.350. The number of rotatable bonds is 6. The zero-order valence-corrected chi connectivity index (χ0v) is 14.6. The first-order valence-electron chi connectivity index (χ1n) is 8.22. The van der Waals surface area contributed by atoms with Crippen LogP contribution < -0.4 is 0 Å². The SMILES string of the molecule is CC(C)CCN1C(=O)c2ccccc2C1SCc1ccccc1. The third-order valence-electron chi connectivity index (χ3n) is 4.20.